The van der Waals surface area contributed by atoms with Crippen LogP contribution < -0.4 is 4.74 Å². The highest BCUT2D eigenvalue weighted by atomic mass is 35.5. The molecular weight excluding hydrogens is 311 g/mol. The van der Waals surface area contributed by atoms with Crippen LogP contribution in [0, 0.1) is 11.3 Å². The molecule has 1 aromatic carbocycles. The molecule has 1 aromatic rings. The van der Waals surface area contributed by atoms with Crippen molar-refractivity contribution in [3.05, 3.63) is 39.5 Å². The number of ether oxygens (including phenoxy) is 1. The van der Waals surface area contributed by atoms with Crippen LogP contribution in [0.3, 0.4) is 0 Å². The molecule has 1 heterocycles. The molecule has 0 unspecified atom stereocenters. The molecule has 0 atom stereocenters. The zero-order valence-electron chi connectivity index (χ0n) is 11.5. The normalized spacial score (nSPS) is 15.1. The lowest BCUT2D eigenvalue weighted by atomic mass is 10.0. The average molecular weight is 325 g/mol. The third kappa shape index (κ3) is 3.69. The molecule has 0 aliphatic carbocycles. The van der Waals surface area contributed by atoms with Gasteiger partial charge in [-0.25, -0.2) is 0 Å². The topological polar surface area (TPSA) is 53.3 Å². The van der Waals surface area contributed by atoms with Crippen LogP contribution in [-0.2, 0) is 4.79 Å². The van der Waals surface area contributed by atoms with Crippen molar-refractivity contribution < 1.29 is 9.53 Å². The van der Waals surface area contributed by atoms with Crippen molar-refractivity contribution in [2.24, 2.45) is 0 Å². The standard InChI is InChI=1S/C15H14Cl2N2O2/c1-10-11(9-18)2-5-15(20)19(10)6-7-21-14-4-3-12(16)8-13(14)17/h3-4,8H,2,5-7H2,1H3. The van der Waals surface area contributed by atoms with E-state index in [0.29, 0.717) is 53.1 Å². The maximum atomic E-state index is 11.9. The number of allylic oxidation sites excluding steroid dienone is 2. The number of halogens is 2. The minimum absolute atomic E-state index is 0.0114. The number of benzene rings is 1. The molecule has 1 aliphatic heterocycles. The predicted octanol–water partition coefficient (Wildman–Crippen LogP) is 3.79. The molecule has 0 spiro atoms. The molecule has 21 heavy (non-hydrogen) atoms. The van der Waals surface area contributed by atoms with Gasteiger partial charge in [-0.2, -0.15) is 5.26 Å². The van der Waals surface area contributed by atoms with Crippen molar-refractivity contribution in [2.75, 3.05) is 13.2 Å². The van der Waals surface area contributed by atoms with Crippen LogP contribution in [0.5, 0.6) is 5.75 Å². The molecule has 0 radical (unpaired) electrons. The van der Waals surface area contributed by atoms with Gasteiger partial charge in [0, 0.05) is 22.7 Å². The van der Waals surface area contributed by atoms with Gasteiger partial charge < -0.3 is 9.64 Å². The Kier molecular flexibility index (Phi) is 5.11. The summed E-state index contributed by atoms with van der Waals surface area (Å²) >= 11 is 11.8. The Bertz CT molecular complexity index is 635. The van der Waals surface area contributed by atoms with Crippen molar-refractivity contribution in [1.29, 1.82) is 5.26 Å². The Labute approximate surface area is 133 Å². The Balaban J connectivity index is 1.99. The first kappa shape index (κ1) is 15.7. The molecule has 1 amide bonds. The first-order valence-corrected chi connectivity index (χ1v) is 7.26. The lowest BCUT2D eigenvalue weighted by molar-refractivity contribution is -0.130. The molecule has 2 rings (SSSR count). The van der Waals surface area contributed by atoms with Crippen LogP contribution in [0.15, 0.2) is 29.5 Å². The monoisotopic (exact) mass is 324 g/mol. The zero-order valence-corrected chi connectivity index (χ0v) is 13.0. The number of nitriles is 1. The van der Waals surface area contributed by atoms with Crippen LogP contribution in [-0.4, -0.2) is 24.0 Å². The maximum Gasteiger partial charge on any atom is 0.227 e. The molecule has 6 heteroatoms. The van der Waals surface area contributed by atoms with Gasteiger partial charge in [0.25, 0.3) is 0 Å². The SMILES string of the molecule is CC1=C(C#N)CCC(=O)N1CCOc1ccc(Cl)cc1Cl. The van der Waals surface area contributed by atoms with E-state index in [4.69, 9.17) is 33.2 Å². The first-order chi connectivity index (χ1) is 10.0. The summed E-state index contributed by atoms with van der Waals surface area (Å²) in [7, 11) is 0. The molecule has 1 aliphatic rings. The zero-order chi connectivity index (χ0) is 15.4. The van der Waals surface area contributed by atoms with E-state index in [-0.39, 0.29) is 5.91 Å². The highest BCUT2D eigenvalue weighted by Crippen LogP contribution is 2.28. The van der Waals surface area contributed by atoms with Crippen LogP contribution in [0.1, 0.15) is 19.8 Å². The van der Waals surface area contributed by atoms with E-state index in [9.17, 15) is 4.79 Å². The number of amides is 1. The van der Waals surface area contributed by atoms with Gasteiger partial charge in [0.05, 0.1) is 17.6 Å². The number of carbonyl (C=O) groups excluding carboxylic acids is 1. The highest BCUT2D eigenvalue weighted by Gasteiger charge is 2.23. The third-order valence-electron chi connectivity index (χ3n) is 3.33. The fourth-order valence-electron chi connectivity index (χ4n) is 2.17. The quantitative estimate of drug-likeness (QED) is 0.846. The predicted molar refractivity (Wildman–Crippen MR) is 81.2 cm³/mol. The summed E-state index contributed by atoms with van der Waals surface area (Å²) in [4.78, 5) is 13.5. The van der Waals surface area contributed by atoms with E-state index < -0.39 is 0 Å². The Hall–Kier alpha value is -1.70. The van der Waals surface area contributed by atoms with Crippen LogP contribution in [0.4, 0.5) is 0 Å². The summed E-state index contributed by atoms with van der Waals surface area (Å²) in [5.74, 6) is 0.532. The molecule has 0 bridgehead atoms. The lowest BCUT2D eigenvalue weighted by Gasteiger charge is -2.28. The van der Waals surface area contributed by atoms with Gasteiger partial charge in [-0.15, -0.1) is 0 Å². The van der Waals surface area contributed by atoms with Gasteiger partial charge in [-0.1, -0.05) is 23.2 Å². The van der Waals surface area contributed by atoms with Crippen molar-refractivity contribution in [3.8, 4) is 11.8 Å². The van der Waals surface area contributed by atoms with E-state index in [1.807, 2.05) is 0 Å². The van der Waals surface area contributed by atoms with Crippen LogP contribution in [0.2, 0.25) is 10.0 Å². The maximum absolute atomic E-state index is 11.9. The summed E-state index contributed by atoms with van der Waals surface area (Å²) in [5.41, 5.74) is 1.36. The largest absolute Gasteiger partial charge is 0.490 e. The molecule has 0 saturated carbocycles. The van der Waals surface area contributed by atoms with E-state index >= 15 is 0 Å². The molecule has 0 aromatic heterocycles. The fourth-order valence-corrected chi connectivity index (χ4v) is 2.63. The van der Waals surface area contributed by atoms with E-state index in [0.717, 1.165) is 0 Å². The van der Waals surface area contributed by atoms with Crippen molar-refractivity contribution in [2.45, 2.75) is 19.8 Å². The second-order valence-electron chi connectivity index (χ2n) is 4.64. The van der Waals surface area contributed by atoms with Crippen LogP contribution in [0.25, 0.3) is 0 Å². The summed E-state index contributed by atoms with van der Waals surface area (Å²) in [6.45, 7) is 2.46. The number of hydrogen-bond donors (Lipinski definition) is 0. The lowest BCUT2D eigenvalue weighted by Crippen LogP contribution is -2.36. The molecule has 4 nitrogen and oxygen atoms in total. The van der Waals surface area contributed by atoms with E-state index in [1.54, 1.807) is 30.0 Å². The third-order valence-corrected chi connectivity index (χ3v) is 3.86. The first-order valence-electron chi connectivity index (χ1n) is 6.51. The van der Waals surface area contributed by atoms with Gasteiger partial charge in [0.1, 0.15) is 12.4 Å². The van der Waals surface area contributed by atoms with Crippen molar-refractivity contribution >= 4 is 29.1 Å². The summed E-state index contributed by atoms with van der Waals surface area (Å²) in [6, 6.07) is 7.11. The van der Waals surface area contributed by atoms with Gasteiger partial charge in [0.15, 0.2) is 0 Å². The average Bonchev–Trinajstić information content (AvgIpc) is 2.44. The van der Waals surface area contributed by atoms with Crippen LogP contribution >= 0.6 is 23.2 Å². The van der Waals surface area contributed by atoms with Crippen molar-refractivity contribution in [3.63, 3.8) is 0 Å². The summed E-state index contributed by atoms with van der Waals surface area (Å²) in [5, 5.41) is 9.99. The smallest absolute Gasteiger partial charge is 0.227 e. The minimum Gasteiger partial charge on any atom is -0.490 e. The highest BCUT2D eigenvalue weighted by molar-refractivity contribution is 6.35. The van der Waals surface area contributed by atoms with Gasteiger partial charge in [-0.3, -0.25) is 4.79 Å². The molecule has 0 N–H and O–H groups in total. The van der Waals surface area contributed by atoms with Gasteiger partial charge >= 0.3 is 0 Å². The van der Waals surface area contributed by atoms with E-state index in [2.05, 4.69) is 6.07 Å². The summed E-state index contributed by atoms with van der Waals surface area (Å²) in [6.07, 6.45) is 0.878. The Morgan fingerprint density at radius 3 is 2.81 bits per heavy atom. The number of hydrogen-bond acceptors (Lipinski definition) is 3. The Morgan fingerprint density at radius 2 is 2.14 bits per heavy atom. The Morgan fingerprint density at radius 1 is 1.38 bits per heavy atom. The fraction of sp³-hybridized carbons (Fsp3) is 0.333. The van der Waals surface area contributed by atoms with Crippen molar-refractivity contribution in [1.82, 2.24) is 4.90 Å². The number of carbonyl (C=O) groups is 1. The summed E-state index contributed by atoms with van der Waals surface area (Å²) < 4.78 is 5.57. The number of nitrogens with zero attached hydrogens (tertiary/aromatic N) is 2. The molecule has 0 fully saturated rings. The number of rotatable bonds is 4. The minimum atomic E-state index is 0.0114. The second kappa shape index (κ2) is 6.84. The molecule has 0 saturated heterocycles. The van der Waals surface area contributed by atoms with E-state index in [1.165, 1.54) is 0 Å². The van der Waals surface area contributed by atoms with Gasteiger partial charge in [-0.05, 0) is 31.5 Å². The van der Waals surface area contributed by atoms with Gasteiger partial charge in [0.2, 0.25) is 5.91 Å². The molecule has 110 valence electrons. The molecular formula is C15H14Cl2N2O2. The second-order valence-corrected chi connectivity index (χ2v) is 5.49.